The lowest BCUT2D eigenvalue weighted by atomic mass is 10.5. The Bertz CT molecular complexity index is 363. The number of thioether (sulfide) groups is 1. The van der Waals surface area contributed by atoms with Crippen LogP contribution in [0.3, 0.4) is 0 Å². The van der Waals surface area contributed by atoms with Gasteiger partial charge in [0.15, 0.2) is 5.16 Å². The first-order valence-electron chi connectivity index (χ1n) is 5.26. The molecule has 6 heteroatoms. The van der Waals surface area contributed by atoms with Crippen molar-refractivity contribution in [3.05, 3.63) is 5.82 Å². The summed E-state index contributed by atoms with van der Waals surface area (Å²) in [5.41, 5.74) is 0. The van der Waals surface area contributed by atoms with Crippen LogP contribution in [-0.4, -0.2) is 32.6 Å². The van der Waals surface area contributed by atoms with Crippen LogP contribution in [0.15, 0.2) is 5.16 Å². The molecule has 5 nitrogen and oxygen atoms in total. The maximum Gasteiger partial charge on any atom is 0.316 e. The summed E-state index contributed by atoms with van der Waals surface area (Å²) in [6.07, 6.45) is -0.0705. The Kier molecular flexibility index (Phi) is 4.79. The van der Waals surface area contributed by atoms with Gasteiger partial charge in [0.25, 0.3) is 0 Å². The van der Waals surface area contributed by atoms with Gasteiger partial charge in [0.1, 0.15) is 5.82 Å². The van der Waals surface area contributed by atoms with Crippen molar-refractivity contribution in [2.75, 3.05) is 5.75 Å². The maximum absolute atomic E-state index is 11.3. The molecule has 0 aromatic carbocycles. The number of aryl methyl sites for hydroxylation is 1. The summed E-state index contributed by atoms with van der Waals surface area (Å²) in [6, 6.07) is 0. The summed E-state index contributed by atoms with van der Waals surface area (Å²) >= 11 is 1.36. The molecular formula is C10H17N3O2S. The minimum absolute atomic E-state index is 0.0705. The molecule has 1 aromatic heterocycles. The molecule has 16 heavy (non-hydrogen) atoms. The fourth-order valence-corrected chi connectivity index (χ4v) is 2.08. The highest BCUT2D eigenvalue weighted by atomic mass is 32.2. The van der Waals surface area contributed by atoms with Crippen LogP contribution >= 0.6 is 11.8 Å². The quantitative estimate of drug-likeness (QED) is 0.581. The number of esters is 1. The Labute approximate surface area is 99.6 Å². The third-order valence-electron chi connectivity index (χ3n) is 1.90. The van der Waals surface area contributed by atoms with Crippen LogP contribution < -0.4 is 0 Å². The minimum Gasteiger partial charge on any atom is -0.462 e. The van der Waals surface area contributed by atoms with Crippen LogP contribution in [0, 0.1) is 6.92 Å². The standard InChI is InChI=1S/C10H17N3O2S/c1-5-13-8(4)11-12-10(13)16-6-9(14)15-7(2)3/h7H,5-6H2,1-4H3. The van der Waals surface area contributed by atoms with E-state index in [2.05, 4.69) is 10.2 Å². The van der Waals surface area contributed by atoms with E-state index in [9.17, 15) is 4.79 Å². The summed E-state index contributed by atoms with van der Waals surface area (Å²) in [5, 5.41) is 8.74. The highest BCUT2D eigenvalue weighted by Crippen LogP contribution is 2.16. The Morgan fingerprint density at radius 2 is 2.19 bits per heavy atom. The largest absolute Gasteiger partial charge is 0.462 e. The molecule has 0 aliphatic heterocycles. The fraction of sp³-hybridized carbons (Fsp3) is 0.700. The van der Waals surface area contributed by atoms with Gasteiger partial charge in [0.05, 0.1) is 11.9 Å². The second-order valence-corrected chi connectivity index (χ2v) is 4.54. The SMILES string of the molecule is CCn1c(C)nnc1SCC(=O)OC(C)C. The van der Waals surface area contributed by atoms with Crippen LogP contribution in [0.2, 0.25) is 0 Å². The van der Waals surface area contributed by atoms with E-state index in [0.29, 0.717) is 0 Å². The van der Waals surface area contributed by atoms with Crippen molar-refractivity contribution in [1.29, 1.82) is 0 Å². The van der Waals surface area contributed by atoms with Crippen LogP contribution in [0.5, 0.6) is 0 Å². The normalized spacial score (nSPS) is 10.8. The molecule has 0 aliphatic carbocycles. The van der Waals surface area contributed by atoms with Crippen molar-refractivity contribution in [1.82, 2.24) is 14.8 Å². The van der Waals surface area contributed by atoms with E-state index < -0.39 is 0 Å². The van der Waals surface area contributed by atoms with Crippen molar-refractivity contribution in [2.45, 2.75) is 45.5 Å². The Hall–Kier alpha value is -1.04. The van der Waals surface area contributed by atoms with E-state index in [1.165, 1.54) is 11.8 Å². The number of hydrogen-bond acceptors (Lipinski definition) is 5. The van der Waals surface area contributed by atoms with Crippen LogP contribution in [0.25, 0.3) is 0 Å². The van der Waals surface area contributed by atoms with Crippen LogP contribution in [-0.2, 0) is 16.1 Å². The van der Waals surface area contributed by atoms with Gasteiger partial charge in [-0.25, -0.2) is 0 Å². The topological polar surface area (TPSA) is 57.0 Å². The maximum atomic E-state index is 11.3. The van der Waals surface area contributed by atoms with Crippen molar-refractivity contribution in [2.24, 2.45) is 0 Å². The van der Waals surface area contributed by atoms with Gasteiger partial charge >= 0.3 is 5.97 Å². The predicted octanol–water partition coefficient (Wildman–Crippen LogP) is 1.65. The van der Waals surface area contributed by atoms with Gasteiger partial charge in [0, 0.05) is 6.54 Å². The molecule has 90 valence electrons. The summed E-state index contributed by atoms with van der Waals surface area (Å²) < 4.78 is 7.00. The summed E-state index contributed by atoms with van der Waals surface area (Å²) in [4.78, 5) is 11.3. The molecule has 1 heterocycles. The summed E-state index contributed by atoms with van der Waals surface area (Å²) in [5.74, 6) is 0.918. The molecule has 0 amide bonds. The van der Waals surface area contributed by atoms with Gasteiger partial charge in [-0.15, -0.1) is 10.2 Å². The van der Waals surface area contributed by atoms with E-state index in [0.717, 1.165) is 17.5 Å². The number of aromatic nitrogens is 3. The van der Waals surface area contributed by atoms with Gasteiger partial charge in [-0.1, -0.05) is 11.8 Å². The number of hydrogen-bond donors (Lipinski definition) is 0. The molecule has 0 unspecified atom stereocenters. The van der Waals surface area contributed by atoms with E-state index in [1.807, 2.05) is 32.3 Å². The second kappa shape index (κ2) is 5.89. The summed E-state index contributed by atoms with van der Waals surface area (Å²) in [7, 11) is 0. The minimum atomic E-state index is -0.219. The lowest BCUT2D eigenvalue weighted by molar-refractivity contribution is -0.144. The van der Waals surface area contributed by atoms with Crippen molar-refractivity contribution >= 4 is 17.7 Å². The van der Waals surface area contributed by atoms with E-state index in [-0.39, 0.29) is 17.8 Å². The molecule has 0 aliphatic rings. The third-order valence-corrected chi connectivity index (χ3v) is 2.84. The first-order valence-corrected chi connectivity index (χ1v) is 6.25. The number of ether oxygens (including phenoxy) is 1. The first-order chi connectivity index (χ1) is 7.54. The molecule has 1 aromatic rings. The number of rotatable bonds is 5. The second-order valence-electron chi connectivity index (χ2n) is 3.60. The number of carbonyl (C=O) groups excluding carboxylic acids is 1. The smallest absolute Gasteiger partial charge is 0.316 e. The molecule has 0 bridgehead atoms. The molecule has 0 saturated heterocycles. The molecule has 0 spiro atoms. The summed E-state index contributed by atoms with van der Waals surface area (Å²) in [6.45, 7) is 8.39. The highest BCUT2D eigenvalue weighted by molar-refractivity contribution is 7.99. The van der Waals surface area contributed by atoms with Crippen molar-refractivity contribution in [3.8, 4) is 0 Å². The van der Waals surface area contributed by atoms with E-state index in [4.69, 9.17) is 4.74 Å². The molecule has 0 radical (unpaired) electrons. The first kappa shape index (κ1) is 13.0. The van der Waals surface area contributed by atoms with Gasteiger partial charge in [-0.2, -0.15) is 0 Å². The third kappa shape index (κ3) is 3.52. The van der Waals surface area contributed by atoms with Gasteiger partial charge in [-0.3, -0.25) is 4.79 Å². The molecule has 0 fully saturated rings. The van der Waals surface area contributed by atoms with E-state index in [1.54, 1.807) is 0 Å². The molecule has 1 rings (SSSR count). The van der Waals surface area contributed by atoms with E-state index >= 15 is 0 Å². The Balaban J connectivity index is 2.51. The Morgan fingerprint density at radius 1 is 1.50 bits per heavy atom. The number of nitrogens with zero attached hydrogens (tertiary/aromatic N) is 3. The Morgan fingerprint density at radius 3 is 2.75 bits per heavy atom. The molecule has 0 N–H and O–H groups in total. The van der Waals surface area contributed by atoms with Gasteiger partial charge in [0.2, 0.25) is 0 Å². The zero-order chi connectivity index (χ0) is 12.1. The molecular weight excluding hydrogens is 226 g/mol. The molecule has 0 atom stereocenters. The predicted molar refractivity (Wildman–Crippen MR) is 62.4 cm³/mol. The highest BCUT2D eigenvalue weighted by Gasteiger charge is 2.11. The zero-order valence-electron chi connectivity index (χ0n) is 10.1. The van der Waals surface area contributed by atoms with Crippen LogP contribution in [0.1, 0.15) is 26.6 Å². The van der Waals surface area contributed by atoms with Crippen LogP contribution in [0.4, 0.5) is 0 Å². The van der Waals surface area contributed by atoms with Crippen molar-refractivity contribution < 1.29 is 9.53 Å². The van der Waals surface area contributed by atoms with Gasteiger partial charge < -0.3 is 9.30 Å². The fourth-order valence-electron chi connectivity index (χ4n) is 1.25. The van der Waals surface area contributed by atoms with Gasteiger partial charge in [-0.05, 0) is 27.7 Å². The van der Waals surface area contributed by atoms with Crippen molar-refractivity contribution in [3.63, 3.8) is 0 Å². The lowest BCUT2D eigenvalue weighted by Gasteiger charge is -2.07. The monoisotopic (exact) mass is 243 g/mol. The average Bonchev–Trinajstić information content (AvgIpc) is 2.55. The average molecular weight is 243 g/mol. The molecule has 0 saturated carbocycles. The zero-order valence-corrected chi connectivity index (χ0v) is 10.9. The lowest BCUT2D eigenvalue weighted by Crippen LogP contribution is -2.13. The number of carbonyl (C=O) groups is 1.